The number of hydrogen-bond donors (Lipinski definition) is 2. The standard InChI is InChI=1S/C13H16N4O/c14-11-2-1-3-13-15-12(16-17(11)13)8-9-4-6-10(18)7-5-9/h4-7,11,18H,1-3,8,14H2. The number of fused-ring (bicyclic) bond motifs is 1. The summed E-state index contributed by atoms with van der Waals surface area (Å²) in [5.74, 6) is 2.06. The van der Waals surface area contributed by atoms with E-state index in [0.717, 1.165) is 36.5 Å². The number of phenolic OH excluding ortho intramolecular Hbond substituents is 1. The van der Waals surface area contributed by atoms with Crippen molar-refractivity contribution in [2.24, 2.45) is 5.73 Å². The smallest absolute Gasteiger partial charge is 0.155 e. The van der Waals surface area contributed by atoms with E-state index in [-0.39, 0.29) is 11.9 Å². The van der Waals surface area contributed by atoms with Crippen LogP contribution in [0.15, 0.2) is 24.3 Å². The lowest BCUT2D eigenvalue weighted by molar-refractivity contribution is 0.371. The first-order valence-electron chi connectivity index (χ1n) is 6.20. The van der Waals surface area contributed by atoms with Gasteiger partial charge in [-0.05, 0) is 30.5 Å². The van der Waals surface area contributed by atoms with Crippen molar-refractivity contribution in [2.45, 2.75) is 31.8 Å². The second-order valence-electron chi connectivity index (χ2n) is 4.69. The van der Waals surface area contributed by atoms with E-state index in [1.807, 2.05) is 16.8 Å². The zero-order valence-electron chi connectivity index (χ0n) is 10.1. The van der Waals surface area contributed by atoms with E-state index in [4.69, 9.17) is 5.73 Å². The Bertz CT molecular complexity index is 547. The summed E-state index contributed by atoms with van der Waals surface area (Å²) in [7, 11) is 0. The van der Waals surface area contributed by atoms with Crippen LogP contribution < -0.4 is 5.73 Å². The third-order valence-electron chi connectivity index (χ3n) is 3.26. The fraction of sp³-hybridized carbons (Fsp3) is 0.385. The number of aromatic hydroxyl groups is 1. The molecule has 94 valence electrons. The van der Waals surface area contributed by atoms with E-state index in [9.17, 15) is 5.11 Å². The summed E-state index contributed by atoms with van der Waals surface area (Å²) in [4.78, 5) is 4.53. The molecule has 0 saturated heterocycles. The number of benzene rings is 1. The van der Waals surface area contributed by atoms with E-state index < -0.39 is 0 Å². The molecule has 2 heterocycles. The second kappa shape index (κ2) is 4.42. The monoisotopic (exact) mass is 244 g/mol. The summed E-state index contributed by atoms with van der Waals surface area (Å²) in [6, 6.07) is 7.12. The SMILES string of the molecule is NC1CCCc2nc(Cc3ccc(O)cc3)nn21. The molecule has 1 aromatic heterocycles. The molecule has 1 aliphatic heterocycles. The Morgan fingerprint density at radius 2 is 2.11 bits per heavy atom. The molecule has 0 spiro atoms. The van der Waals surface area contributed by atoms with Gasteiger partial charge in [-0.15, -0.1) is 0 Å². The number of rotatable bonds is 2. The van der Waals surface area contributed by atoms with E-state index in [1.165, 1.54) is 0 Å². The molecule has 1 aliphatic rings. The normalized spacial score (nSPS) is 18.6. The highest BCUT2D eigenvalue weighted by Crippen LogP contribution is 2.20. The molecule has 0 amide bonds. The maximum absolute atomic E-state index is 9.24. The Hall–Kier alpha value is -1.88. The second-order valence-corrected chi connectivity index (χ2v) is 4.69. The highest BCUT2D eigenvalue weighted by atomic mass is 16.3. The van der Waals surface area contributed by atoms with Crippen molar-refractivity contribution in [1.82, 2.24) is 14.8 Å². The summed E-state index contributed by atoms with van der Waals surface area (Å²) >= 11 is 0. The van der Waals surface area contributed by atoms with Crippen LogP contribution in [0.4, 0.5) is 0 Å². The third kappa shape index (κ3) is 2.09. The average molecular weight is 244 g/mol. The number of nitrogens with two attached hydrogens (primary N) is 1. The van der Waals surface area contributed by atoms with Gasteiger partial charge in [-0.2, -0.15) is 5.10 Å². The fourth-order valence-corrected chi connectivity index (χ4v) is 2.30. The molecule has 1 atom stereocenters. The number of hydrogen-bond acceptors (Lipinski definition) is 4. The van der Waals surface area contributed by atoms with Gasteiger partial charge in [0.1, 0.15) is 17.7 Å². The molecular formula is C13H16N4O. The number of nitrogens with zero attached hydrogens (tertiary/aromatic N) is 3. The van der Waals surface area contributed by atoms with Gasteiger partial charge in [-0.25, -0.2) is 9.67 Å². The summed E-state index contributed by atoms with van der Waals surface area (Å²) in [5, 5.41) is 13.7. The Morgan fingerprint density at radius 1 is 1.33 bits per heavy atom. The molecule has 0 bridgehead atoms. The maximum Gasteiger partial charge on any atom is 0.155 e. The van der Waals surface area contributed by atoms with Crippen LogP contribution in [-0.2, 0) is 12.8 Å². The van der Waals surface area contributed by atoms with Crippen LogP contribution in [0.5, 0.6) is 5.75 Å². The number of phenols is 1. The Labute approximate surface area is 105 Å². The van der Waals surface area contributed by atoms with Gasteiger partial charge < -0.3 is 10.8 Å². The highest BCUT2D eigenvalue weighted by molar-refractivity contribution is 5.27. The van der Waals surface area contributed by atoms with Crippen molar-refractivity contribution in [3.05, 3.63) is 41.5 Å². The highest BCUT2D eigenvalue weighted by Gasteiger charge is 2.19. The van der Waals surface area contributed by atoms with Crippen molar-refractivity contribution in [3.63, 3.8) is 0 Å². The number of aryl methyl sites for hydroxylation is 1. The van der Waals surface area contributed by atoms with Gasteiger partial charge in [0, 0.05) is 12.8 Å². The Morgan fingerprint density at radius 3 is 2.83 bits per heavy atom. The first-order chi connectivity index (χ1) is 8.72. The van der Waals surface area contributed by atoms with Gasteiger partial charge in [0.25, 0.3) is 0 Å². The Balaban J connectivity index is 1.83. The molecule has 18 heavy (non-hydrogen) atoms. The molecule has 5 heteroatoms. The van der Waals surface area contributed by atoms with E-state index >= 15 is 0 Å². The molecular weight excluding hydrogens is 228 g/mol. The summed E-state index contributed by atoms with van der Waals surface area (Å²) in [6.07, 6.45) is 3.64. The minimum atomic E-state index is -0.0326. The summed E-state index contributed by atoms with van der Waals surface area (Å²) < 4.78 is 1.85. The quantitative estimate of drug-likeness (QED) is 0.836. The van der Waals surface area contributed by atoms with Crippen LogP contribution in [0.25, 0.3) is 0 Å². The van der Waals surface area contributed by atoms with Crippen molar-refractivity contribution < 1.29 is 5.11 Å². The molecule has 0 saturated carbocycles. The summed E-state index contributed by atoms with van der Waals surface area (Å²) in [5.41, 5.74) is 7.09. The van der Waals surface area contributed by atoms with Crippen molar-refractivity contribution in [1.29, 1.82) is 0 Å². The van der Waals surface area contributed by atoms with Crippen LogP contribution in [0, 0.1) is 0 Å². The molecule has 1 unspecified atom stereocenters. The zero-order chi connectivity index (χ0) is 12.5. The topological polar surface area (TPSA) is 77.0 Å². The van der Waals surface area contributed by atoms with Crippen LogP contribution >= 0.6 is 0 Å². The Kier molecular flexibility index (Phi) is 2.76. The predicted molar refractivity (Wildman–Crippen MR) is 67.1 cm³/mol. The molecule has 3 rings (SSSR count). The lowest BCUT2D eigenvalue weighted by Gasteiger charge is -2.18. The minimum absolute atomic E-state index is 0.0326. The maximum atomic E-state index is 9.24. The van der Waals surface area contributed by atoms with Gasteiger partial charge in [-0.3, -0.25) is 0 Å². The van der Waals surface area contributed by atoms with E-state index in [0.29, 0.717) is 6.42 Å². The minimum Gasteiger partial charge on any atom is -0.508 e. The molecule has 2 aromatic rings. The van der Waals surface area contributed by atoms with Crippen molar-refractivity contribution in [2.75, 3.05) is 0 Å². The first-order valence-corrected chi connectivity index (χ1v) is 6.20. The van der Waals surface area contributed by atoms with Crippen molar-refractivity contribution >= 4 is 0 Å². The fourth-order valence-electron chi connectivity index (χ4n) is 2.30. The molecule has 5 nitrogen and oxygen atoms in total. The first kappa shape index (κ1) is 11.2. The lowest BCUT2D eigenvalue weighted by Crippen LogP contribution is -2.25. The molecule has 0 aliphatic carbocycles. The van der Waals surface area contributed by atoms with Gasteiger partial charge >= 0.3 is 0 Å². The van der Waals surface area contributed by atoms with Crippen LogP contribution in [0.1, 0.15) is 36.2 Å². The van der Waals surface area contributed by atoms with Gasteiger partial charge in [0.2, 0.25) is 0 Å². The molecule has 0 radical (unpaired) electrons. The third-order valence-corrected chi connectivity index (χ3v) is 3.26. The molecule has 3 N–H and O–H groups in total. The van der Waals surface area contributed by atoms with E-state index in [1.54, 1.807) is 12.1 Å². The van der Waals surface area contributed by atoms with Gasteiger partial charge in [0.15, 0.2) is 5.82 Å². The van der Waals surface area contributed by atoms with Crippen LogP contribution in [0.2, 0.25) is 0 Å². The average Bonchev–Trinajstić information content (AvgIpc) is 2.76. The van der Waals surface area contributed by atoms with Crippen molar-refractivity contribution in [3.8, 4) is 5.75 Å². The summed E-state index contributed by atoms with van der Waals surface area (Å²) in [6.45, 7) is 0. The van der Waals surface area contributed by atoms with Crippen LogP contribution in [-0.4, -0.2) is 19.9 Å². The van der Waals surface area contributed by atoms with Gasteiger partial charge in [0.05, 0.1) is 0 Å². The van der Waals surface area contributed by atoms with Gasteiger partial charge in [-0.1, -0.05) is 12.1 Å². The number of aromatic nitrogens is 3. The molecule has 0 fully saturated rings. The largest absolute Gasteiger partial charge is 0.508 e. The lowest BCUT2D eigenvalue weighted by atomic mass is 10.1. The zero-order valence-corrected chi connectivity index (χ0v) is 10.1. The predicted octanol–water partition coefficient (Wildman–Crippen LogP) is 1.37. The van der Waals surface area contributed by atoms with E-state index in [2.05, 4.69) is 10.1 Å². The molecule has 1 aromatic carbocycles. The van der Waals surface area contributed by atoms with Crippen LogP contribution in [0.3, 0.4) is 0 Å².